The third-order valence-corrected chi connectivity index (χ3v) is 2.44. The van der Waals surface area contributed by atoms with E-state index in [-0.39, 0.29) is 5.56 Å². The van der Waals surface area contributed by atoms with Gasteiger partial charge in [0.05, 0.1) is 5.56 Å². The van der Waals surface area contributed by atoms with Crippen LogP contribution in [-0.4, -0.2) is 19.4 Å². The fourth-order valence-electron chi connectivity index (χ4n) is 1.09. The van der Waals surface area contributed by atoms with Gasteiger partial charge in [0.15, 0.2) is 0 Å². The van der Waals surface area contributed by atoms with E-state index in [0.29, 0.717) is 5.75 Å². The molecule has 15 heavy (non-hydrogen) atoms. The lowest BCUT2D eigenvalue weighted by Crippen LogP contribution is -2.29. The van der Waals surface area contributed by atoms with Crippen LogP contribution in [0, 0.1) is 5.82 Å². The van der Waals surface area contributed by atoms with Crippen molar-refractivity contribution in [1.82, 2.24) is 0 Å². The molecule has 0 amide bonds. The zero-order valence-corrected chi connectivity index (χ0v) is 9.87. The molecule has 0 spiro atoms. The molecule has 0 aromatic heterocycles. The maximum atomic E-state index is 13.2. The molecule has 0 heterocycles. The first kappa shape index (κ1) is 11.7. The second-order valence-electron chi connectivity index (χ2n) is 4.16. The number of carbonyl (C=O) groups is 1. The zero-order chi connectivity index (χ0) is 11.6. The summed E-state index contributed by atoms with van der Waals surface area (Å²) in [5, 5.41) is 8.62. The van der Waals surface area contributed by atoms with Gasteiger partial charge in [-0.15, -0.1) is 0 Å². The molecule has 0 saturated heterocycles. The van der Waals surface area contributed by atoms with Gasteiger partial charge in [-0.05, 0) is 31.8 Å². The first-order valence-electron chi connectivity index (χ1n) is 4.51. The maximum absolute atomic E-state index is 13.2. The van der Waals surface area contributed by atoms with Gasteiger partial charge in [0.1, 0.15) is 11.6 Å². The predicted octanol–water partition coefficient (Wildman–Crippen LogP) is 2.74. The molecule has 0 radical (unpaired) electrons. The Morgan fingerprint density at radius 3 is 2.40 bits per heavy atom. The van der Waals surface area contributed by atoms with Crippen molar-refractivity contribution in [2.75, 3.05) is 0 Å². The van der Waals surface area contributed by atoms with Crippen LogP contribution in [0.5, 0.6) is 5.75 Å². The average Bonchev–Trinajstić information content (AvgIpc) is 1.99. The van der Waals surface area contributed by atoms with Gasteiger partial charge in [-0.2, -0.15) is 0 Å². The molecule has 0 saturated carbocycles. The van der Waals surface area contributed by atoms with Gasteiger partial charge in [-0.3, -0.25) is 0 Å². The van der Waals surface area contributed by atoms with Crippen molar-refractivity contribution in [3.63, 3.8) is 0 Å². The van der Waals surface area contributed by atoms with E-state index < -0.39 is 20.1 Å². The number of hydrogen-bond acceptors (Lipinski definition) is 2. The van der Waals surface area contributed by atoms with Crippen LogP contribution in [0.25, 0.3) is 0 Å². The van der Waals surface area contributed by atoms with Crippen LogP contribution in [-0.2, 0) is 0 Å². The Bertz CT molecular complexity index is 385. The third-order valence-electron chi connectivity index (χ3n) is 1.59. The number of halogens is 1. The monoisotopic (exact) mass is 228 g/mol. The molecule has 0 aliphatic heterocycles. The molecular formula is C10H13FO3Si. The van der Waals surface area contributed by atoms with E-state index in [2.05, 4.69) is 0 Å². The fourth-order valence-corrected chi connectivity index (χ4v) is 1.92. The summed E-state index contributed by atoms with van der Waals surface area (Å²) >= 11 is 0. The summed E-state index contributed by atoms with van der Waals surface area (Å²) in [4.78, 5) is 10.5. The SMILES string of the molecule is C[Si](C)(C)Oc1ccc(C(=O)O)c(F)c1. The van der Waals surface area contributed by atoms with Crippen LogP contribution < -0.4 is 4.43 Å². The molecule has 0 atom stereocenters. The molecule has 0 aliphatic rings. The minimum Gasteiger partial charge on any atom is -0.544 e. The van der Waals surface area contributed by atoms with E-state index in [1.165, 1.54) is 12.1 Å². The van der Waals surface area contributed by atoms with Crippen molar-refractivity contribution in [2.24, 2.45) is 0 Å². The zero-order valence-electron chi connectivity index (χ0n) is 8.87. The molecular weight excluding hydrogens is 215 g/mol. The molecule has 0 unspecified atom stereocenters. The van der Waals surface area contributed by atoms with Crippen LogP contribution in [0.1, 0.15) is 10.4 Å². The largest absolute Gasteiger partial charge is 0.544 e. The Morgan fingerprint density at radius 1 is 1.40 bits per heavy atom. The normalized spacial score (nSPS) is 11.2. The van der Waals surface area contributed by atoms with E-state index in [0.717, 1.165) is 6.07 Å². The van der Waals surface area contributed by atoms with Crippen molar-refractivity contribution < 1.29 is 18.7 Å². The van der Waals surface area contributed by atoms with Crippen LogP contribution in [0.4, 0.5) is 4.39 Å². The van der Waals surface area contributed by atoms with Gasteiger partial charge >= 0.3 is 5.97 Å². The second kappa shape index (κ2) is 4.02. The summed E-state index contributed by atoms with van der Waals surface area (Å²) in [5.74, 6) is -1.65. The number of carboxylic acid groups (broad SMARTS) is 1. The molecule has 1 rings (SSSR count). The lowest BCUT2D eigenvalue weighted by Gasteiger charge is -2.19. The van der Waals surface area contributed by atoms with Gasteiger partial charge in [0.2, 0.25) is 8.32 Å². The minimum atomic E-state index is -1.78. The highest BCUT2D eigenvalue weighted by Gasteiger charge is 2.18. The Hall–Kier alpha value is -1.36. The van der Waals surface area contributed by atoms with Crippen LogP contribution in [0.2, 0.25) is 19.6 Å². The quantitative estimate of drug-likeness (QED) is 0.809. The minimum absolute atomic E-state index is 0.335. The summed E-state index contributed by atoms with van der Waals surface area (Å²) in [6.45, 7) is 5.90. The van der Waals surface area contributed by atoms with Crippen molar-refractivity contribution in [1.29, 1.82) is 0 Å². The van der Waals surface area contributed by atoms with Gasteiger partial charge in [0.25, 0.3) is 0 Å². The average molecular weight is 228 g/mol. The fraction of sp³-hybridized carbons (Fsp3) is 0.300. The highest BCUT2D eigenvalue weighted by atomic mass is 28.4. The summed E-state index contributed by atoms with van der Waals surface area (Å²) in [5.41, 5.74) is -0.335. The Balaban J connectivity index is 2.97. The molecule has 0 aliphatic carbocycles. The molecule has 0 fully saturated rings. The van der Waals surface area contributed by atoms with Crippen LogP contribution >= 0.6 is 0 Å². The Labute approximate surface area is 88.6 Å². The number of hydrogen-bond donors (Lipinski definition) is 1. The van der Waals surface area contributed by atoms with Gasteiger partial charge < -0.3 is 9.53 Å². The van der Waals surface area contributed by atoms with Gasteiger partial charge in [-0.25, -0.2) is 9.18 Å². The van der Waals surface area contributed by atoms with Gasteiger partial charge in [0, 0.05) is 6.07 Å². The van der Waals surface area contributed by atoms with Crippen LogP contribution in [0.3, 0.4) is 0 Å². The topological polar surface area (TPSA) is 46.5 Å². The van der Waals surface area contributed by atoms with Crippen molar-refractivity contribution in [2.45, 2.75) is 19.6 Å². The third kappa shape index (κ3) is 3.36. The van der Waals surface area contributed by atoms with E-state index in [9.17, 15) is 9.18 Å². The lowest BCUT2D eigenvalue weighted by molar-refractivity contribution is 0.0692. The lowest BCUT2D eigenvalue weighted by atomic mass is 10.2. The summed E-state index contributed by atoms with van der Waals surface area (Å²) in [6, 6.07) is 3.81. The number of carboxylic acids is 1. The Morgan fingerprint density at radius 2 is 2.00 bits per heavy atom. The van der Waals surface area contributed by atoms with Crippen molar-refractivity contribution in [3.05, 3.63) is 29.6 Å². The molecule has 3 nitrogen and oxygen atoms in total. The van der Waals surface area contributed by atoms with E-state index >= 15 is 0 Å². The smallest absolute Gasteiger partial charge is 0.338 e. The first-order chi connectivity index (χ1) is 6.79. The molecule has 82 valence electrons. The Kier molecular flexibility index (Phi) is 3.14. The molecule has 0 bridgehead atoms. The predicted molar refractivity (Wildman–Crippen MR) is 57.3 cm³/mol. The number of aromatic carboxylic acids is 1. The van der Waals surface area contributed by atoms with Crippen LogP contribution in [0.15, 0.2) is 18.2 Å². The number of benzene rings is 1. The van der Waals surface area contributed by atoms with E-state index in [1.807, 2.05) is 19.6 Å². The van der Waals surface area contributed by atoms with Crippen molar-refractivity contribution >= 4 is 14.3 Å². The molecule has 1 N–H and O–H groups in total. The molecule has 1 aromatic carbocycles. The summed E-state index contributed by atoms with van der Waals surface area (Å²) in [7, 11) is -1.78. The first-order valence-corrected chi connectivity index (χ1v) is 7.92. The molecule has 5 heteroatoms. The standard InChI is InChI=1S/C10H13FO3Si/c1-15(2,3)14-7-4-5-8(10(12)13)9(11)6-7/h4-6H,1-3H3,(H,12,13). The maximum Gasteiger partial charge on any atom is 0.338 e. The van der Waals surface area contributed by atoms with Crippen molar-refractivity contribution in [3.8, 4) is 5.75 Å². The number of rotatable bonds is 3. The highest BCUT2D eigenvalue weighted by Crippen LogP contribution is 2.19. The van der Waals surface area contributed by atoms with E-state index in [1.54, 1.807) is 0 Å². The summed E-state index contributed by atoms with van der Waals surface area (Å²) in [6.07, 6.45) is 0. The van der Waals surface area contributed by atoms with Gasteiger partial charge in [-0.1, -0.05) is 0 Å². The van der Waals surface area contributed by atoms with E-state index in [4.69, 9.17) is 9.53 Å². The highest BCUT2D eigenvalue weighted by molar-refractivity contribution is 6.70. The summed E-state index contributed by atoms with van der Waals surface area (Å²) < 4.78 is 18.8. The second-order valence-corrected chi connectivity index (χ2v) is 8.59. The molecule has 1 aromatic rings.